The Hall–Kier alpha value is -3.76. The summed E-state index contributed by atoms with van der Waals surface area (Å²) in [5.74, 6) is -1.19. The molecule has 0 spiro atoms. The minimum Gasteiger partial charge on any atom is -0.330 e. The summed E-state index contributed by atoms with van der Waals surface area (Å²) in [6.07, 6.45) is -3.16. The van der Waals surface area contributed by atoms with E-state index in [0.717, 1.165) is 23.4 Å². The Balaban J connectivity index is 1.56. The van der Waals surface area contributed by atoms with Gasteiger partial charge in [0.05, 0.1) is 40.4 Å². The highest BCUT2D eigenvalue weighted by atomic mass is 19.4. The van der Waals surface area contributed by atoms with Gasteiger partial charge in [-0.15, -0.1) is 0 Å². The summed E-state index contributed by atoms with van der Waals surface area (Å²) in [6, 6.07) is 5.75. The smallest absolute Gasteiger partial charge is 0.330 e. The summed E-state index contributed by atoms with van der Waals surface area (Å²) in [5, 5.41) is 8.59. The van der Waals surface area contributed by atoms with Crippen molar-refractivity contribution in [2.45, 2.75) is 32.5 Å². The maximum atomic E-state index is 14.9. The Morgan fingerprint density at radius 2 is 1.89 bits per heavy atom. The van der Waals surface area contributed by atoms with E-state index in [-0.39, 0.29) is 17.8 Å². The molecule has 0 bridgehead atoms. The van der Waals surface area contributed by atoms with Gasteiger partial charge in [0.2, 0.25) is 0 Å². The van der Waals surface area contributed by atoms with Crippen molar-refractivity contribution in [3.63, 3.8) is 0 Å². The lowest BCUT2D eigenvalue weighted by Crippen LogP contribution is -2.39. The van der Waals surface area contributed by atoms with Crippen molar-refractivity contribution in [3.05, 3.63) is 64.4 Å². The number of hydrogen-bond donors (Lipinski definition) is 0. The molecule has 1 aliphatic heterocycles. The third-order valence-electron chi connectivity index (χ3n) is 6.58. The van der Waals surface area contributed by atoms with E-state index in [0.29, 0.717) is 28.7 Å². The fraction of sp³-hybridized carbons (Fsp3) is 0.333. The summed E-state index contributed by atoms with van der Waals surface area (Å²) >= 11 is 0. The monoisotopic (exact) mass is 486 g/mol. The van der Waals surface area contributed by atoms with Crippen LogP contribution in [0.15, 0.2) is 30.5 Å². The van der Waals surface area contributed by atoms with Crippen LogP contribution in [0.5, 0.6) is 0 Å². The molecule has 1 aliphatic rings. The molecule has 0 N–H and O–H groups in total. The van der Waals surface area contributed by atoms with Gasteiger partial charge in [-0.3, -0.25) is 19.1 Å². The molecule has 5 rings (SSSR count). The lowest BCUT2D eigenvalue weighted by atomic mass is 9.95. The number of amides is 1. The predicted molar refractivity (Wildman–Crippen MR) is 120 cm³/mol. The van der Waals surface area contributed by atoms with Gasteiger partial charge in [-0.1, -0.05) is 18.2 Å². The minimum atomic E-state index is -4.57. The molecule has 1 atom stereocenters. The molecule has 0 saturated carbocycles. The second kappa shape index (κ2) is 7.89. The quantitative estimate of drug-likeness (QED) is 0.389. The van der Waals surface area contributed by atoms with Crippen LogP contribution in [0.4, 0.5) is 17.6 Å². The molecule has 1 unspecified atom stereocenters. The molecule has 0 saturated heterocycles. The summed E-state index contributed by atoms with van der Waals surface area (Å²) in [5.41, 5.74) is 2.45. The third kappa shape index (κ3) is 3.57. The number of nitrogens with zero attached hydrogens (tertiary/aromatic N) is 6. The minimum absolute atomic E-state index is 0.0494. The van der Waals surface area contributed by atoms with Crippen molar-refractivity contribution >= 4 is 16.8 Å². The van der Waals surface area contributed by atoms with E-state index in [9.17, 15) is 22.4 Å². The first-order valence-corrected chi connectivity index (χ1v) is 11.0. The molecule has 7 nitrogen and oxygen atoms in total. The fourth-order valence-electron chi connectivity index (χ4n) is 4.88. The van der Waals surface area contributed by atoms with Crippen LogP contribution in [-0.2, 0) is 26.7 Å². The molecule has 11 heteroatoms. The van der Waals surface area contributed by atoms with Crippen molar-refractivity contribution in [2.24, 2.45) is 14.1 Å². The van der Waals surface area contributed by atoms with Gasteiger partial charge >= 0.3 is 6.18 Å². The fourth-order valence-corrected chi connectivity index (χ4v) is 4.88. The first-order chi connectivity index (χ1) is 16.5. The highest BCUT2D eigenvalue weighted by Crippen LogP contribution is 2.38. The molecule has 3 aromatic heterocycles. The Labute approximate surface area is 198 Å². The molecular weight excluding hydrogens is 464 g/mol. The largest absolute Gasteiger partial charge is 0.435 e. The Bertz CT molecular complexity index is 1490. The number of hydrogen-bond acceptors (Lipinski definition) is 4. The summed E-state index contributed by atoms with van der Waals surface area (Å²) < 4.78 is 57.2. The summed E-state index contributed by atoms with van der Waals surface area (Å²) in [6.45, 7) is 3.88. The van der Waals surface area contributed by atoms with E-state index in [4.69, 9.17) is 0 Å². The van der Waals surface area contributed by atoms with Gasteiger partial charge < -0.3 is 4.90 Å². The number of carbonyl (C=O) groups is 1. The topological polar surface area (TPSA) is 68.8 Å². The summed E-state index contributed by atoms with van der Waals surface area (Å²) in [7, 11) is 3.09. The molecule has 1 aromatic carbocycles. The van der Waals surface area contributed by atoms with Crippen LogP contribution < -0.4 is 0 Å². The number of rotatable bonds is 2. The van der Waals surface area contributed by atoms with Crippen LogP contribution in [-0.4, -0.2) is 41.9 Å². The number of alkyl halides is 3. The number of carbonyl (C=O) groups excluding carboxylic acids is 1. The average molecular weight is 486 g/mol. The maximum absolute atomic E-state index is 14.9. The van der Waals surface area contributed by atoms with E-state index < -0.39 is 29.6 Å². The average Bonchev–Trinajstić information content (AvgIpc) is 3.33. The highest BCUT2D eigenvalue weighted by molar-refractivity contribution is 6.07. The van der Waals surface area contributed by atoms with Crippen LogP contribution in [0.2, 0.25) is 0 Å². The van der Waals surface area contributed by atoms with E-state index in [1.54, 1.807) is 31.0 Å². The lowest BCUT2D eigenvalue weighted by Gasteiger charge is -2.33. The van der Waals surface area contributed by atoms with Crippen molar-refractivity contribution in [3.8, 4) is 11.4 Å². The van der Waals surface area contributed by atoms with E-state index in [1.165, 1.54) is 16.4 Å². The van der Waals surface area contributed by atoms with Crippen LogP contribution in [0.1, 0.15) is 45.8 Å². The predicted octanol–water partition coefficient (Wildman–Crippen LogP) is 4.59. The SMILES string of the molecule is Cc1cccc2c(C(=O)N3CCc4c(nn(C)c4-c4cc(C(F)(F)F)nn4C)C3C)c(F)cnc12. The number of pyridine rings is 1. The van der Waals surface area contributed by atoms with Gasteiger partial charge in [0.15, 0.2) is 11.5 Å². The zero-order valence-electron chi connectivity index (χ0n) is 19.5. The van der Waals surface area contributed by atoms with Crippen molar-refractivity contribution < 1.29 is 22.4 Å². The molecule has 0 aliphatic carbocycles. The molecule has 0 radical (unpaired) electrons. The molecule has 4 heterocycles. The Morgan fingerprint density at radius 1 is 1.14 bits per heavy atom. The Kier molecular flexibility index (Phi) is 5.19. The number of halogens is 4. The van der Waals surface area contributed by atoms with Gasteiger partial charge in [-0.05, 0) is 31.9 Å². The standard InChI is InChI=1S/C24H22F4N6O/c1-12-6-5-7-14-19(16(25)11-29-20(12)14)23(35)34-9-8-15-21(13(34)2)31-33(4)22(15)17-10-18(24(26,27)28)30-32(17)3/h5-7,10-11,13H,8-9H2,1-4H3. The first-order valence-electron chi connectivity index (χ1n) is 11.0. The molecular formula is C24H22F4N6O. The molecule has 182 valence electrons. The number of fused-ring (bicyclic) bond motifs is 2. The number of para-hydroxylation sites is 1. The second-order valence-electron chi connectivity index (χ2n) is 8.75. The van der Waals surface area contributed by atoms with E-state index in [2.05, 4.69) is 15.2 Å². The molecule has 4 aromatic rings. The first kappa shape index (κ1) is 23.0. The van der Waals surface area contributed by atoms with Crippen LogP contribution in [0, 0.1) is 12.7 Å². The number of aromatic nitrogens is 5. The van der Waals surface area contributed by atoms with Gasteiger partial charge in [0.1, 0.15) is 0 Å². The zero-order valence-corrected chi connectivity index (χ0v) is 19.5. The maximum Gasteiger partial charge on any atom is 0.435 e. The normalized spacial score (nSPS) is 16.1. The number of benzene rings is 1. The summed E-state index contributed by atoms with van der Waals surface area (Å²) in [4.78, 5) is 19.3. The van der Waals surface area contributed by atoms with E-state index >= 15 is 0 Å². The zero-order chi connectivity index (χ0) is 25.2. The van der Waals surface area contributed by atoms with Crippen LogP contribution in [0.3, 0.4) is 0 Å². The molecule has 1 amide bonds. The van der Waals surface area contributed by atoms with Crippen molar-refractivity contribution in [1.29, 1.82) is 0 Å². The van der Waals surface area contributed by atoms with E-state index in [1.807, 2.05) is 13.0 Å². The highest BCUT2D eigenvalue weighted by Gasteiger charge is 2.38. The third-order valence-corrected chi connectivity index (χ3v) is 6.58. The Morgan fingerprint density at radius 3 is 2.57 bits per heavy atom. The van der Waals surface area contributed by atoms with Crippen LogP contribution >= 0.6 is 0 Å². The number of aryl methyl sites for hydroxylation is 3. The van der Waals surface area contributed by atoms with Crippen molar-refractivity contribution in [1.82, 2.24) is 29.4 Å². The van der Waals surface area contributed by atoms with Gasteiger partial charge in [-0.25, -0.2) is 4.39 Å². The van der Waals surface area contributed by atoms with Gasteiger partial charge in [-0.2, -0.15) is 23.4 Å². The van der Waals surface area contributed by atoms with Crippen molar-refractivity contribution in [2.75, 3.05) is 6.54 Å². The van der Waals surface area contributed by atoms with Gasteiger partial charge in [0.25, 0.3) is 5.91 Å². The van der Waals surface area contributed by atoms with Crippen LogP contribution in [0.25, 0.3) is 22.3 Å². The molecule has 35 heavy (non-hydrogen) atoms. The van der Waals surface area contributed by atoms with Gasteiger partial charge in [0, 0.05) is 31.6 Å². The lowest BCUT2D eigenvalue weighted by molar-refractivity contribution is -0.141. The second-order valence-corrected chi connectivity index (χ2v) is 8.75. The molecule has 0 fully saturated rings.